The zero-order valence-corrected chi connectivity index (χ0v) is 11.5. The van der Waals surface area contributed by atoms with Crippen molar-refractivity contribution in [2.45, 2.75) is 6.92 Å². The molecule has 0 N–H and O–H groups in total. The van der Waals surface area contributed by atoms with Crippen LogP contribution in [0.3, 0.4) is 0 Å². The van der Waals surface area contributed by atoms with Crippen molar-refractivity contribution in [2.24, 2.45) is 0 Å². The fraction of sp³-hybridized carbons (Fsp3) is 0.133. The Labute approximate surface area is 109 Å². The Kier molecular flexibility index (Phi) is 4.11. The molecule has 0 bridgehead atoms. The number of hydrogen-bond acceptors (Lipinski definition) is 1. The molecule has 0 heterocycles. The van der Waals surface area contributed by atoms with Crippen molar-refractivity contribution >= 4 is 24.6 Å². The fourth-order valence-electron chi connectivity index (χ4n) is 1.77. The van der Waals surface area contributed by atoms with Gasteiger partial charge in [0.05, 0.1) is 8.07 Å². The second-order valence-electron chi connectivity index (χ2n) is 4.03. The molecule has 1 amide bonds. The Morgan fingerprint density at radius 2 is 1.28 bits per heavy atom. The van der Waals surface area contributed by atoms with E-state index < -0.39 is 8.07 Å². The maximum absolute atomic E-state index is 11.7. The predicted molar refractivity (Wildman–Crippen MR) is 77.5 cm³/mol. The lowest BCUT2D eigenvalue weighted by Gasteiger charge is -2.27. The Balaban J connectivity index is 2.45. The minimum Gasteiger partial charge on any atom is -0.317 e. The minimum absolute atomic E-state index is 0.0915. The second kappa shape index (κ2) is 5.79. The first kappa shape index (κ1) is 12.8. The van der Waals surface area contributed by atoms with Gasteiger partial charge in [0.2, 0.25) is 5.91 Å². The minimum atomic E-state index is -0.768. The van der Waals surface area contributed by atoms with Gasteiger partial charge in [0, 0.05) is 24.6 Å². The summed E-state index contributed by atoms with van der Waals surface area (Å²) in [5.74, 6) is 0.0915. The van der Waals surface area contributed by atoms with Crippen LogP contribution in [0.2, 0.25) is 0 Å². The number of nitrogens with zero attached hydrogens (tertiary/aromatic N) is 1. The van der Waals surface area contributed by atoms with E-state index in [1.807, 2.05) is 48.1 Å². The standard InChI is InChI=1S/C15H16NOP/c1-13(17)16(2)18(14-9-5-3-6-10-14)15-11-7-4-8-12-15/h3-12H,1-2H3. The van der Waals surface area contributed by atoms with Crippen LogP contribution in [0, 0.1) is 0 Å². The van der Waals surface area contributed by atoms with Crippen molar-refractivity contribution in [1.29, 1.82) is 0 Å². The van der Waals surface area contributed by atoms with Gasteiger partial charge in [0.1, 0.15) is 0 Å². The molecule has 0 saturated heterocycles. The lowest BCUT2D eigenvalue weighted by molar-refractivity contribution is -0.123. The first-order chi connectivity index (χ1) is 8.70. The van der Waals surface area contributed by atoms with Gasteiger partial charge in [-0.15, -0.1) is 0 Å². The van der Waals surface area contributed by atoms with E-state index in [-0.39, 0.29) is 5.91 Å². The summed E-state index contributed by atoms with van der Waals surface area (Å²) >= 11 is 0. The molecule has 3 heteroatoms. The summed E-state index contributed by atoms with van der Waals surface area (Å²) in [5, 5.41) is 2.38. The van der Waals surface area contributed by atoms with Crippen LogP contribution in [0.4, 0.5) is 0 Å². The van der Waals surface area contributed by atoms with Gasteiger partial charge >= 0.3 is 0 Å². The molecule has 2 aromatic carbocycles. The third-order valence-corrected chi connectivity index (χ3v) is 5.21. The van der Waals surface area contributed by atoms with Gasteiger partial charge in [0.15, 0.2) is 0 Å². The number of rotatable bonds is 3. The molecule has 2 aromatic rings. The van der Waals surface area contributed by atoms with Crippen LogP contribution >= 0.6 is 8.07 Å². The van der Waals surface area contributed by atoms with E-state index in [1.165, 1.54) is 10.6 Å². The second-order valence-corrected chi connectivity index (χ2v) is 6.28. The number of benzene rings is 2. The molecule has 0 saturated carbocycles. The zero-order chi connectivity index (χ0) is 13.0. The molecule has 0 aliphatic rings. The van der Waals surface area contributed by atoms with E-state index in [0.29, 0.717) is 0 Å². The summed E-state index contributed by atoms with van der Waals surface area (Å²) in [5.41, 5.74) is 0. The lowest BCUT2D eigenvalue weighted by Crippen LogP contribution is -2.28. The molecule has 0 aliphatic carbocycles. The molecule has 0 atom stereocenters. The van der Waals surface area contributed by atoms with E-state index in [1.54, 1.807) is 6.92 Å². The molecule has 0 unspecified atom stereocenters. The molecule has 0 spiro atoms. The monoisotopic (exact) mass is 257 g/mol. The molecule has 0 aliphatic heterocycles. The van der Waals surface area contributed by atoms with Gasteiger partial charge in [0.25, 0.3) is 0 Å². The van der Waals surface area contributed by atoms with Gasteiger partial charge in [-0.3, -0.25) is 4.79 Å². The van der Waals surface area contributed by atoms with E-state index in [2.05, 4.69) is 24.3 Å². The zero-order valence-electron chi connectivity index (χ0n) is 10.6. The molecule has 2 nitrogen and oxygen atoms in total. The fourth-order valence-corrected chi connectivity index (χ4v) is 3.96. The van der Waals surface area contributed by atoms with E-state index in [4.69, 9.17) is 0 Å². The summed E-state index contributed by atoms with van der Waals surface area (Å²) < 4.78 is 1.83. The van der Waals surface area contributed by atoms with Crippen LogP contribution in [-0.4, -0.2) is 17.6 Å². The van der Waals surface area contributed by atoms with Crippen molar-refractivity contribution in [1.82, 2.24) is 4.67 Å². The average Bonchev–Trinajstić information content (AvgIpc) is 2.41. The van der Waals surface area contributed by atoms with E-state index in [9.17, 15) is 4.79 Å². The Bertz CT molecular complexity index is 473. The number of hydrogen-bond donors (Lipinski definition) is 0. The Morgan fingerprint density at radius 1 is 0.889 bits per heavy atom. The van der Waals surface area contributed by atoms with Gasteiger partial charge in [-0.1, -0.05) is 60.7 Å². The summed E-state index contributed by atoms with van der Waals surface area (Å²) in [7, 11) is 1.10. The maximum atomic E-state index is 11.7. The van der Waals surface area contributed by atoms with Crippen LogP contribution in [-0.2, 0) is 4.79 Å². The van der Waals surface area contributed by atoms with Gasteiger partial charge in [-0.05, 0) is 0 Å². The van der Waals surface area contributed by atoms with Crippen LogP contribution in [0.25, 0.3) is 0 Å². The van der Waals surface area contributed by atoms with Crippen molar-refractivity contribution in [3.05, 3.63) is 60.7 Å². The highest BCUT2D eigenvalue weighted by Crippen LogP contribution is 2.36. The number of carbonyl (C=O) groups excluding carboxylic acids is 1. The van der Waals surface area contributed by atoms with Crippen molar-refractivity contribution in [3.8, 4) is 0 Å². The predicted octanol–water partition coefficient (Wildman–Crippen LogP) is 2.51. The third kappa shape index (κ3) is 2.77. The van der Waals surface area contributed by atoms with Gasteiger partial charge in [-0.25, -0.2) is 0 Å². The van der Waals surface area contributed by atoms with Gasteiger partial charge < -0.3 is 4.67 Å². The molecule has 92 valence electrons. The van der Waals surface area contributed by atoms with Crippen LogP contribution in [0.15, 0.2) is 60.7 Å². The topological polar surface area (TPSA) is 20.3 Å². The lowest BCUT2D eigenvalue weighted by atomic mass is 10.4. The van der Waals surface area contributed by atoms with E-state index >= 15 is 0 Å². The van der Waals surface area contributed by atoms with Crippen LogP contribution in [0.1, 0.15) is 6.92 Å². The highest BCUT2D eigenvalue weighted by atomic mass is 31.1. The first-order valence-corrected chi connectivity index (χ1v) is 7.14. The molecule has 18 heavy (non-hydrogen) atoms. The van der Waals surface area contributed by atoms with Gasteiger partial charge in [-0.2, -0.15) is 0 Å². The summed E-state index contributed by atoms with van der Waals surface area (Å²) in [6, 6.07) is 20.4. The highest BCUT2D eigenvalue weighted by Gasteiger charge is 2.20. The largest absolute Gasteiger partial charge is 0.317 e. The number of amides is 1. The maximum Gasteiger partial charge on any atom is 0.222 e. The molecule has 2 rings (SSSR count). The summed E-state index contributed by atoms with van der Waals surface area (Å²) in [4.78, 5) is 11.7. The SMILES string of the molecule is CC(=O)N(C)P(c1ccccc1)c1ccccc1. The molecule has 0 fully saturated rings. The van der Waals surface area contributed by atoms with Crippen LogP contribution < -0.4 is 10.6 Å². The van der Waals surface area contributed by atoms with Crippen molar-refractivity contribution in [3.63, 3.8) is 0 Å². The summed E-state index contributed by atoms with van der Waals surface area (Å²) in [6.45, 7) is 1.61. The smallest absolute Gasteiger partial charge is 0.222 e. The molecular weight excluding hydrogens is 241 g/mol. The average molecular weight is 257 g/mol. The number of carbonyl (C=O) groups is 1. The highest BCUT2D eigenvalue weighted by molar-refractivity contribution is 7.71. The molecule has 0 radical (unpaired) electrons. The quantitative estimate of drug-likeness (QED) is 0.774. The normalized spacial score (nSPS) is 10.4. The molecule has 0 aromatic heterocycles. The van der Waals surface area contributed by atoms with E-state index in [0.717, 1.165) is 0 Å². The first-order valence-electron chi connectivity index (χ1n) is 5.84. The third-order valence-electron chi connectivity index (χ3n) is 2.76. The summed E-state index contributed by atoms with van der Waals surface area (Å²) in [6.07, 6.45) is 0. The Morgan fingerprint density at radius 3 is 1.61 bits per heavy atom. The molecular formula is C15H16NOP. The van der Waals surface area contributed by atoms with Crippen molar-refractivity contribution < 1.29 is 4.79 Å². The Hall–Kier alpha value is -1.66. The van der Waals surface area contributed by atoms with Crippen molar-refractivity contribution in [2.75, 3.05) is 7.05 Å². The van der Waals surface area contributed by atoms with Crippen LogP contribution in [0.5, 0.6) is 0 Å².